The molecular formula is C13H13BrN2O. The second kappa shape index (κ2) is 5.68. The molecule has 3 nitrogen and oxygen atoms in total. The highest BCUT2D eigenvalue weighted by atomic mass is 79.9. The minimum absolute atomic E-state index is 0.615. The van der Waals surface area contributed by atoms with Gasteiger partial charge >= 0.3 is 0 Å². The SMILES string of the molecule is COc1ncccc1NCc1ccc(Br)cc1. The van der Waals surface area contributed by atoms with Crippen LogP contribution in [0.4, 0.5) is 5.69 Å². The van der Waals surface area contributed by atoms with E-state index >= 15 is 0 Å². The summed E-state index contributed by atoms with van der Waals surface area (Å²) in [6, 6.07) is 12.0. The van der Waals surface area contributed by atoms with Gasteiger partial charge in [-0.3, -0.25) is 0 Å². The Morgan fingerprint density at radius 2 is 2.00 bits per heavy atom. The molecule has 0 amide bonds. The third-order valence-electron chi connectivity index (χ3n) is 2.36. The Kier molecular flexibility index (Phi) is 3.98. The van der Waals surface area contributed by atoms with E-state index in [1.165, 1.54) is 5.56 Å². The number of pyridine rings is 1. The Bertz CT molecular complexity index is 485. The number of benzene rings is 1. The van der Waals surface area contributed by atoms with Gasteiger partial charge in [0, 0.05) is 17.2 Å². The molecule has 17 heavy (non-hydrogen) atoms. The van der Waals surface area contributed by atoms with E-state index in [1.54, 1.807) is 13.3 Å². The molecule has 0 saturated carbocycles. The maximum absolute atomic E-state index is 5.17. The Hall–Kier alpha value is -1.55. The summed E-state index contributed by atoms with van der Waals surface area (Å²) in [6.45, 7) is 0.745. The van der Waals surface area contributed by atoms with Crippen LogP contribution in [0.5, 0.6) is 5.88 Å². The Morgan fingerprint density at radius 1 is 1.24 bits per heavy atom. The first-order chi connectivity index (χ1) is 8.29. The van der Waals surface area contributed by atoms with Crippen LogP contribution in [0.15, 0.2) is 47.1 Å². The maximum Gasteiger partial charge on any atom is 0.237 e. The molecule has 2 aromatic rings. The van der Waals surface area contributed by atoms with E-state index in [2.05, 4.69) is 38.4 Å². The number of hydrogen-bond acceptors (Lipinski definition) is 3. The maximum atomic E-state index is 5.17. The quantitative estimate of drug-likeness (QED) is 0.937. The average molecular weight is 293 g/mol. The molecule has 2 rings (SSSR count). The zero-order valence-corrected chi connectivity index (χ0v) is 11.1. The second-order valence-electron chi connectivity index (χ2n) is 3.54. The predicted octanol–water partition coefficient (Wildman–Crippen LogP) is 3.46. The lowest BCUT2D eigenvalue weighted by atomic mass is 10.2. The molecule has 0 saturated heterocycles. The number of anilines is 1. The fourth-order valence-corrected chi connectivity index (χ4v) is 1.75. The highest BCUT2D eigenvalue weighted by Crippen LogP contribution is 2.20. The molecule has 0 bridgehead atoms. The third-order valence-corrected chi connectivity index (χ3v) is 2.89. The molecule has 0 aliphatic rings. The van der Waals surface area contributed by atoms with E-state index in [0.29, 0.717) is 5.88 Å². The van der Waals surface area contributed by atoms with Crippen molar-refractivity contribution in [3.05, 3.63) is 52.6 Å². The second-order valence-corrected chi connectivity index (χ2v) is 4.46. The molecule has 1 N–H and O–H groups in total. The van der Waals surface area contributed by atoms with Gasteiger partial charge in [-0.1, -0.05) is 28.1 Å². The van der Waals surface area contributed by atoms with Crippen molar-refractivity contribution in [3.8, 4) is 5.88 Å². The summed E-state index contributed by atoms with van der Waals surface area (Å²) >= 11 is 3.41. The van der Waals surface area contributed by atoms with E-state index in [9.17, 15) is 0 Å². The lowest BCUT2D eigenvalue weighted by Crippen LogP contribution is -2.02. The number of halogens is 1. The van der Waals surface area contributed by atoms with E-state index in [-0.39, 0.29) is 0 Å². The van der Waals surface area contributed by atoms with Crippen molar-refractivity contribution in [2.75, 3.05) is 12.4 Å². The van der Waals surface area contributed by atoms with Crippen LogP contribution in [-0.4, -0.2) is 12.1 Å². The average Bonchev–Trinajstić information content (AvgIpc) is 2.38. The van der Waals surface area contributed by atoms with Crippen LogP contribution in [0.25, 0.3) is 0 Å². The van der Waals surface area contributed by atoms with Gasteiger partial charge in [-0.2, -0.15) is 0 Å². The highest BCUT2D eigenvalue weighted by molar-refractivity contribution is 9.10. The lowest BCUT2D eigenvalue weighted by Gasteiger charge is -2.09. The molecule has 0 radical (unpaired) electrons. The Morgan fingerprint density at radius 3 is 2.71 bits per heavy atom. The summed E-state index contributed by atoms with van der Waals surface area (Å²) in [5, 5.41) is 3.30. The zero-order valence-electron chi connectivity index (χ0n) is 9.48. The molecule has 0 aliphatic heterocycles. The van der Waals surface area contributed by atoms with E-state index in [4.69, 9.17) is 4.74 Å². The van der Waals surface area contributed by atoms with Gasteiger partial charge in [0.05, 0.1) is 12.8 Å². The van der Waals surface area contributed by atoms with Crippen LogP contribution in [0, 0.1) is 0 Å². The van der Waals surface area contributed by atoms with Crippen molar-refractivity contribution >= 4 is 21.6 Å². The summed E-state index contributed by atoms with van der Waals surface area (Å²) < 4.78 is 6.26. The molecule has 0 spiro atoms. The highest BCUT2D eigenvalue weighted by Gasteiger charge is 2.02. The molecular weight excluding hydrogens is 280 g/mol. The van der Waals surface area contributed by atoms with Gasteiger partial charge in [0.25, 0.3) is 0 Å². The van der Waals surface area contributed by atoms with Crippen LogP contribution >= 0.6 is 15.9 Å². The van der Waals surface area contributed by atoms with Crippen LogP contribution in [-0.2, 0) is 6.54 Å². The van der Waals surface area contributed by atoms with Crippen LogP contribution in [0.1, 0.15) is 5.56 Å². The normalized spacial score (nSPS) is 10.0. The van der Waals surface area contributed by atoms with E-state index in [1.807, 2.05) is 24.3 Å². The van der Waals surface area contributed by atoms with Gasteiger partial charge in [0.1, 0.15) is 0 Å². The number of aromatic nitrogens is 1. The number of rotatable bonds is 4. The van der Waals surface area contributed by atoms with Gasteiger partial charge in [-0.05, 0) is 29.8 Å². The molecule has 0 aliphatic carbocycles. The Balaban J connectivity index is 2.04. The molecule has 1 aromatic carbocycles. The fourth-order valence-electron chi connectivity index (χ4n) is 1.49. The van der Waals surface area contributed by atoms with Gasteiger partial charge in [-0.15, -0.1) is 0 Å². The number of nitrogens with one attached hydrogen (secondary N) is 1. The first kappa shape index (κ1) is 11.9. The van der Waals surface area contributed by atoms with Crippen molar-refractivity contribution in [2.45, 2.75) is 6.54 Å². The molecule has 0 fully saturated rings. The van der Waals surface area contributed by atoms with Gasteiger partial charge < -0.3 is 10.1 Å². The minimum atomic E-state index is 0.615. The molecule has 4 heteroatoms. The van der Waals surface area contributed by atoms with Crippen molar-refractivity contribution in [1.82, 2.24) is 4.98 Å². The minimum Gasteiger partial charge on any atom is -0.480 e. The van der Waals surface area contributed by atoms with Gasteiger partial charge in [0.2, 0.25) is 5.88 Å². The molecule has 0 atom stereocenters. The molecule has 1 heterocycles. The number of nitrogens with zero attached hydrogens (tertiary/aromatic N) is 1. The number of methoxy groups -OCH3 is 1. The van der Waals surface area contributed by atoms with Crippen molar-refractivity contribution < 1.29 is 4.74 Å². The monoisotopic (exact) mass is 292 g/mol. The third kappa shape index (κ3) is 3.20. The summed E-state index contributed by atoms with van der Waals surface area (Å²) in [7, 11) is 1.62. The molecule has 88 valence electrons. The molecule has 0 unspecified atom stereocenters. The van der Waals surface area contributed by atoms with Crippen molar-refractivity contribution in [1.29, 1.82) is 0 Å². The summed E-state index contributed by atoms with van der Waals surface area (Å²) in [6.07, 6.45) is 1.71. The van der Waals surface area contributed by atoms with Gasteiger partial charge in [0.15, 0.2) is 0 Å². The fraction of sp³-hybridized carbons (Fsp3) is 0.154. The topological polar surface area (TPSA) is 34.1 Å². The Labute approximate surface area is 109 Å². The van der Waals surface area contributed by atoms with Crippen molar-refractivity contribution in [3.63, 3.8) is 0 Å². The number of hydrogen-bond donors (Lipinski definition) is 1. The number of ether oxygens (including phenoxy) is 1. The van der Waals surface area contributed by atoms with Crippen molar-refractivity contribution in [2.24, 2.45) is 0 Å². The summed E-state index contributed by atoms with van der Waals surface area (Å²) in [5.41, 5.74) is 2.11. The largest absolute Gasteiger partial charge is 0.480 e. The smallest absolute Gasteiger partial charge is 0.237 e. The predicted molar refractivity (Wildman–Crippen MR) is 72.3 cm³/mol. The van der Waals surface area contributed by atoms with Gasteiger partial charge in [-0.25, -0.2) is 4.98 Å². The molecule has 1 aromatic heterocycles. The summed E-state index contributed by atoms with van der Waals surface area (Å²) in [4.78, 5) is 4.13. The van der Waals surface area contributed by atoms with Crippen LogP contribution in [0.2, 0.25) is 0 Å². The first-order valence-corrected chi connectivity index (χ1v) is 6.06. The van der Waals surface area contributed by atoms with Crippen LogP contribution < -0.4 is 10.1 Å². The summed E-state index contributed by atoms with van der Waals surface area (Å²) in [5.74, 6) is 0.615. The first-order valence-electron chi connectivity index (χ1n) is 5.27. The van der Waals surface area contributed by atoms with E-state index < -0.39 is 0 Å². The zero-order chi connectivity index (χ0) is 12.1. The lowest BCUT2D eigenvalue weighted by molar-refractivity contribution is 0.399. The standard InChI is InChI=1S/C13H13BrN2O/c1-17-13-12(3-2-8-15-13)16-9-10-4-6-11(14)7-5-10/h2-8,16H,9H2,1H3. The van der Waals surface area contributed by atoms with E-state index in [0.717, 1.165) is 16.7 Å². The van der Waals surface area contributed by atoms with Crippen LogP contribution in [0.3, 0.4) is 0 Å².